The number of hydrogen-bond acceptors (Lipinski definition) is 4. The lowest BCUT2D eigenvalue weighted by Gasteiger charge is -2.43. The van der Waals surface area contributed by atoms with Crippen molar-refractivity contribution in [3.8, 4) is 5.75 Å². The molecule has 1 aromatic rings. The average molecular weight is 250 g/mol. The molecule has 0 aliphatic carbocycles. The third kappa shape index (κ3) is 2.73. The number of anilines is 1. The number of ether oxygens (including phenoxy) is 1. The van der Waals surface area contributed by atoms with Crippen LogP contribution in [0.15, 0.2) is 24.3 Å². The molecule has 1 saturated heterocycles. The van der Waals surface area contributed by atoms with Gasteiger partial charge in [0.25, 0.3) is 0 Å². The molecule has 0 unspecified atom stereocenters. The normalized spacial score (nSPS) is 16.7. The van der Waals surface area contributed by atoms with Crippen LogP contribution in [0.3, 0.4) is 0 Å². The quantitative estimate of drug-likeness (QED) is 0.710. The molecule has 5 heteroatoms. The second-order valence-electron chi connectivity index (χ2n) is 4.51. The largest absolute Gasteiger partial charge is 0.492 e. The van der Waals surface area contributed by atoms with Crippen LogP contribution in [0, 0.1) is 0 Å². The number of rotatable bonds is 6. The van der Waals surface area contributed by atoms with Gasteiger partial charge in [0, 0.05) is 13.1 Å². The lowest BCUT2D eigenvalue weighted by molar-refractivity contribution is -0.138. The summed E-state index contributed by atoms with van der Waals surface area (Å²) >= 11 is 0. The Morgan fingerprint density at radius 3 is 2.78 bits per heavy atom. The molecule has 2 rings (SSSR count). The number of carboxylic acid groups (broad SMARTS) is 1. The summed E-state index contributed by atoms with van der Waals surface area (Å²) in [4.78, 5) is 10.9. The molecular formula is C13H18N2O3. The van der Waals surface area contributed by atoms with Gasteiger partial charge < -0.3 is 20.5 Å². The van der Waals surface area contributed by atoms with Gasteiger partial charge >= 0.3 is 5.97 Å². The zero-order chi connectivity index (χ0) is 13.0. The topological polar surface area (TPSA) is 70.6 Å². The van der Waals surface area contributed by atoms with Gasteiger partial charge in [0.2, 0.25) is 0 Å². The number of para-hydroxylation sites is 2. The van der Waals surface area contributed by atoms with Crippen LogP contribution in [0.5, 0.6) is 5.75 Å². The summed E-state index contributed by atoms with van der Waals surface area (Å²) in [5.41, 5.74) is 0.445. The summed E-state index contributed by atoms with van der Waals surface area (Å²) in [5.74, 6) is -0.0328. The van der Waals surface area contributed by atoms with E-state index in [1.54, 1.807) is 0 Å². The molecule has 3 N–H and O–H groups in total. The monoisotopic (exact) mass is 250 g/mol. The van der Waals surface area contributed by atoms with E-state index in [-0.39, 0.29) is 6.42 Å². The van der Waals surface area contributed by atoms with Gasteiger partial charge in [0.05, 0.1) is 24.3 Å². The third-order valence-corrected chi connectivity index (χ3v) is 3.00. The van der Waals surface area contributed by atoms with Gasteiger partial charge in [-0.05, 0) is 19.1 Å². The lowest BCUT2D eigenvalue weighted by atomic mass is 9.88. The van der Waals surface area contributed by atoms with Crippen LogP contribution in [0.2, 0.25) is 0 Å². The Morgan fingerprint density at radius 1 is 1.50 bits per heavy atom. The fourth-order valence-corrected chi connectivity index (χ4v) is 2.11. The van der Waals surface area contributed by atoms with E-state index in [1.165, 1.54) is 0 Å². The maximum atomic E-state index is 10.9. The zero-order valence-corrected chi connectivity index (χ0v) is 10.4. The molecule has 18 heavy (non-hydrogen) atoms. The molecule has 1 aliphatic heterocycles. The first-order chi connectivity index (χ1) is 8.65. The molecule has 0 aromatic heterocycles. The number of benzene rings is 1. The molecule has 0 spiro atoms. The summed E-state index contributed by atoms with van der Waals surface area (Å²) in [7, 11) is 0. The molecule has 0 atom stereocenters. The van der Waals surface area contributed by atoms with Gasteiger partial charge in [-0.2, -0.15) is 0 Å². The second-order valence-corrected chi connectivity index (χ2v) is 4.51. The van der Waals surface area contributed by atoms with Gasteiger partial charge in [-0.15, -0.1) is 0 Å². The van der Waals surface area contributed by atoms with Crippen LogP contribution < -0.4 is 15.4 Å². The van der Waals surface area contributed by atoms with Crippen molar-refractivity contribution in [2.45, 2.75) is 18.9 Å². The molecule has 1 heterocycles. The Morgan fingerprint density at radius 2 is 2.22 bits per heavy atom. The van der Waals surface area contributed by atoms with E-state index in [0.29, 0.717) is 19.7 Å². The van der Waals surface area contributed by atoms with E-state index >= 15 is 0 Å². The van der Waals surface area contributed by atoms with E-state index in [1.807, 2.05) is 31.2 Å². The standard InChI is InChI=1S/C13H18N2O3/c1-2-18-11-6-4-3-5-10(11)15-13(7-12(16)17)8-14-9-13/h3-6,14-15H,2,7-9H2,1H3,(H,16,17). The first-order valence-corrected chi connectivity index (χ1v) is 6.08. The summed E-state index contributed by atoms with van der Waals surface area (Å²) < 4.78 is 5.53. The minimum atomic E-state index is -0.794. The number of aliphatic carboxylic acids is 1. The predicted octanol–water partition coefficient (Wildman–Crippen LogP) is 1.31. The van der Waals surface area contributed by atoms with E-state index in [4.69, 9.17) is 9.84 Å². The Kier molecular flexibility index (Phi) is 3.72. The minimum absolute atomic E-state index is 0.0977. The Bertz CT molecular complexity index is 430. The molecule has 1 fully saturated rings. The van der Waals surface area contributed by atoms with Crippen LogP contribution in [0.25, 0.3) is 0 Å². The third-order valence-electron chi connectivity index (χ3n) is 3.00. The van der Waals surface area contributed by atoms with Crippen molar-refractivity contribution >= 4 is 11.7 Å². The molecule has 1 aromatic carbocycles. The van der Waals surface area contributed by atoms with E-state index in [0.717, 1.165) is 11.4 Å². The number of nitrogens with one attached hydrogen (secondary N) is 2. The molecule has 0 radical (unpaired) electrons. The fraction of sp³-hybridized carbons (Fsp3) is 0.462. The van der Waals surface area contributed by atoms with Gasteiger partial charge in [0.15, 0.2) is 0 Å². The molecule has 0 bridgehead atoms. The van der Waals surface area contributed by atoms with E-state index < -0.39 is 11.5 Å². The van der Waals surface area contributed by atoms with Gasteiger partial charge in [-0.1, -0.05) is 12.1 Å². The van der Waals surface area contributed by atoms with Crippen molar-refractivity contribution in [1.82, 2.24) is 5.32 Å². The highest BCUT2D eigenvalue weighted by Crippen LogP contribution is 2.30. The highest BCUT2D eigenvalue weighted by Gasteiger charge is 2.39. The first-order valence-electron chi connectivity index (χ1n) is 6.08. The van der Waals surface area contributed by atoms with Crippen LogP contribution in [-0.4, -0.2) is 36.3 Å². The molecule has 98 valence electrons. The van der Waals surface area contributed by atoms with Crippen LogP contribution >= 0.6 is 0 Å². The summed E-state index contributed by atoms with van der Waals surface area (Å²) in [5, 5.41) is 15.4. The van der Waals surface area contributed by atoms with Crippen molar-refractivity contribution in [2.24, 2.45) is 0 Å². The van der Waals surface area contributed by atoms with Crippen LogP contribution in [0.1, 0.15) is 13.3 Å². The highest BCUT2D eigenvalue weighted by molar-refractivity contribution is 5.71. The number of carboxylic acids is 1. The van der Waals surface area contributed by atoms with E-state index in [9.17, 15) is 4.79 Å². The van der Waals surface area contributed by atoms with Crippen molar-refractivity contribution in [3.05, 3.63) is 24.3 Å². The Hall–Kier alpha value is -1.75. The van der Waals surface area contributed by atoms with Gasteiger partial charge in [0.1, 0.15) is 5.75 Å². The van der Waals surface area contributed by atoms with Gasteiger partial charge in [-0.25, -0.2) is 0 Å². The summed E-state index contributed by atoms with van der Waals surface area (Å²) in [6.45, 7) is 3.82. The van der Waals surface area contributed by atoms with Gasteiger partial charge in [-0.3, -0.25) is 4.79 Å². The predicted molar refractivity (Wildman–Crippen MR) is 69.1 cm³/mol. The maximum Gasteiger partial charge on any atom is 0.305 e. The Balaban J connectivity index is 2.14. The fourth-order valence-electron chi connectivity index (χ4n) is 2.11. The van der Waals surface area contributed by atoms with E-state index in [2.05, 4.69) is 10.6 Å². The molecular weight excluding hydrogens is 232 g/mol. The molecule has 0 amide bonds. The summed E-state index contributed by atoms with van der Waals surface area (Å²) in [6.07, 6.45) is 0.0977. The van der Waals surface area contributed by atoms with Crippen LogP contribution in [0.4, 0.5) is 5.69 Å². The minimum Gasteiger partial charge on any atom is -0.492 e. The highest BCUT2D eigenvalue weighted by atomic mass is 16.5. The smallest absolute Gasteiger partial charge is 0.305 e. The Labute approximate surface area is 106 Å². The van der Waals surface area contributed by atoms with Crippen LogP contribution in [-0.2, 0) is 4.79 Å². The second kappa shape index (κ2) is 5.27. The lowest BCUT2D eigenvalue weighted by Crippen LogP contribution is -2.65. The molecule has 5 nitrogen and oxygen atoms in total. The van der Waals surface area contributed by atoms with Crippen molar-refractivity contribution < 1.29 is 14.6 Å². The average Bonchev–Trinajstić information content (AvgIpc) is 2.28. The SMILES string of the molecule is CCOc1ccccc1NC1(CC(=O)O)CNC1. The molecule has 0 saturated carbocycles. The van der Waals surface area contributed by atoms with Crippen molar-refractivity contribution in [2.75, 3.05) is 25.0 Å². The van der Waals surface area contributed by atoms with Crippen molar-refractivity contribution in [1.29, 1.82) is 0 Å². The van der Waals surface area contributed by atoms with Crippen molar-refractivity contribution in [3.63, 3.8) is 0 Å². The number of carbonyl (C=O) groups is 1. The summed E-state index contributed by atoms with van der Waals surface area (Å²) in [6, 6.07) is 7.60. The maximum absolute atomic E-state index is 10.9. The first kappa shape index (κ1) is 12.7. The number of hydrogen-bond donors (Lipinski definition) is 3. The molecule has 1 aliphatic rings. The zero-order valence-electron chi connectivity index (χ0n) is 10.4.